The van der Waals surface area contributed by atoms with Gasteiger partial charge in [-0.1, -0.05) is 38.4 Å². The van der Waals surface area contributed by atoms with E-state index in [-0.39, 0.29) is 17.5 Å². The van der Waals surface area contributed by atoms with Crippen molar-refractivity contribution in [1.29, 1.82) is 0 Å². The van der Waals surface area contributed by atoms with Crippen LogP contribution in [0.4, 0.5) is 5.69 Å². The third-order valence-electron chi connectivity index (χ3n) is 5.15. The zero-order chi connectivity index (χ0) is 19.8. The van der Waals surface area contributed by atoms with Crippen LogP contribution in [0.5, 0.6) is 5.75 Å². The van der Waals surface area contributed by atoms with Gasteiger partial charge in [-0.2, -0.15) is 0 Å². The third kappa shape index (κ3) is 3.98. The Labute approximate surface area is 168 Å². The number of amidine groups is 1. The summed E-state index contributed by atoms with van der Waals surface area (Å²) in [6.45, 7) is 13.7. The number of halogens is 1. The van der Waals surface area contributed by atoms with E-state index in [2.05, 4.69) is 69.9 Å². The molecule has 0 fully saturated rings. The number of anilines is 1. The second kappa shape index (κ2) is 7.55. The number of hydrogen-bond acceptors (Lipinski definition) is 3. The summed E-state index contributed by atoms with van der Waals surface area (Å²) in [7, 11) is 0. The zero-order valence-electron chi connectivity index (χ0n) is 17.1. The van der Waals surface area contributed by atoms with E-state index in [1.54, 1.807) is 0 Å². The van der Waals surface area contributed by atoms with Crippen LogP contribution in [0.1, 0.15) is 52.7 Å². The Balaban J connectivity index is 2.09. The van der Waals surface area contributed by atoms with Gasteiger partial charge in [0.2, 0.25) is 0 Å². The lowest BCUT2D eigenvalue weighted by molar-refractivity contribution is 0.338. The molecule has 1 aliphatic rings. The van der Waals surface area contributed by atoms with Crippen LogP contribution in [-0.4, -0.2) is 24.5 Å². The number of aliphatic imine (C=N–C) groups is 1. The van der Waals surface area contributed by atoms with Crippen molar-refractivity contribution in [2.75, 3.05) is 11.5 Å². The number of hydrogen-bond donors (Lipinski definition) is 0. The number of ether oxygens (including phenoxy) is 1. The zero-order valence-corrected chi connectivity index (χ0v) is 17.8. The lowest BCUT2D eigenvalue weighted by Crippen LogP contribution is -2.37. The molecule has 0 amide bonds. The number of benzene rings is 2. The Bertz CT molecular complexity index is 836. The minimum Gasteiger partial charge on any atom is -0.493 e. The van der Waals surface area contributed by atoms with Gasteiger partial charge in [-0.3, -0.25) is 4.99 Å². The van der Waals surface area contributed by atoms with Crippen LogP contribution in [0.15, 0.2) is 47.5 Å². The Kier molecular flexibility index (Phi) is 5.53. The predicted molar refractivity (Wildman–Crippen MR) is 116 cm³/mol. The quantitative estimate of drug-likeness (QED) is 0.638. The van der Waals surface area contributed by atoms with Crippen LogP contribution >= 0.6 is 11.6 Å². The summed E-state index contributed by atoms with van der Waals surface area (Å²) in [5.41, 5.74) is 3.46. The van der Waals surface area contributed by atoms with E-state index < -0.39 is 0 Å². The maximum atomic E-state index is 6.09. The van der Waals surface area contributed by atoms with Crippen LogP contribution in [0.25, 0.3) is 0 Å². The molecule has 144 valence electrons. The van der Waals surface area contributed by atoms with Crippen molar-refractivity contribution in [3.63, 3.8) is 0 Å². The van der Waals surface area contributed by atoms with E-state index in [0.29, 0.717) is 6.61 Å². The first-order valence-electron chi connectivity index (χ1n) is 9.62. The summed E-state index contributed by atoms with van der Waals surface area (Å²) < 4.78 is 6.03. The van der Waals surface area contributed by atoms with Gasteiger partial charge in [-0.05, 0) is 68.1 Å². The predicted octanol–water partition coefficient (Wildman–Crippen LogP) is 6.08. The molecular weight excluding hydrogens is 356 g/mol. The first-order valence-corrected chi connectivity index (χ1v) is 10.0. The third-order valence-corrected chi connectivity index (χ3v) is 5.40. The fourth-order valence-electron chi connectivity index (χ4n) is 3.38. The van der Waals surface area contributed by atoms with E-state index in [4.69, 9.17) is 21.3 Å². The largest absolute Gasteiger partial charge is 0.493 e. The summed E-state index contributed by atoms with van der Waals surface area (Å²) in [5, 5.41) is 0.738. The SMILES string of the molecule is CCOc1cc(C(C)(C)C)ccc1C1=NC(C)C(C)N1c1ccc(Cl)cc1. The summed E-state index contributed by atoms with van der Waals surface area (Å²) in [6.07, 6.45) is 0. The molecule has 2 atom stereocenters. The molecule has 3 rings (SSSR count). The average molecular weight is 385 g/mol. The van der Waals surface area contributed by atoms with E-state index >= 15 is 0 Å². The molecule has 0 bridgehead atoms. The van der Waals surface area contributed by atoms with Crippen LogP contribution in [0.3, 0.4) is 0 Å². The molecule has 3 nitrogen and oxygen atoms in total. The van der Waals surface area contributed by atoms with Gasteiger partial charge in [0.1, 0.15) is 11.6 Å². The summed E-state index contributed by atoms with van der Waals surface area (Å²) in [4.78, 5) is 7.27. The van der Waals surface area contributed by atoms with E-state index in [1.807, 2.05) is 19.1 Å². The Morgan fingerprint density at radius 2 is 1.74 bits per heavy atom. The van der Waals surface area contributed by atoms with Crippen molar-refractivity contribution in [2.24, 2.45) is 4.99 Å². The van der Waals surface area contributed by atoms with Gasteiger partial charge < -0.3 is 9.64 Å². The first-order chi connectivity index (χ1) is 12.7. The molecule has 0 saturated carbocycles. The molecule has 0 N–H and O–H groups in total. The summed E-state index contributed by atoms with van der Waals surface area (Å²) in [5.74, 6) is 1.85. The van der Waals surface area contributed by atoms with Gasteiger partial charge >= 0.3 is 0 Å². The molecule has 2 unspecified atom stereocenters. The monoisotopic (exact) mass is 384 g/mol. The minimum atomic E-state index is 0.0678. The molecule has 0 aromatic heterocycles. The molecule has 1 aliphatic heterocycles. The van der Waals surface area contributed by atoms with E-state index in [1.165, 1.54) is 5.56 Å². The molecular formula is C23H29ClN2O. The molecule has 1 heterocycles. The lowest BCUT2D eigenvalue weighted by Gasteiger charge is -2.28. The van der Waals surface area contributed by atoms with Gasteiger partial charge in [0.05, 0.1) is 24.3 Å². The highest BCUT2D eigenvalue weighted by Crippen LogP contribution is 2.34. The van der Waals surface area contributed by atoms with Crippen molar-refractivity contribution in [3.05, 3.63) is 58.6 Å². The first kappa shape index (κ1) is 19.8. The number of nitrogens with zero attached hydrogens (tertiary/aromatic N) is 2. The van der Waals surface area contributed by atoms with Gasteiger partial charge in [0.25, 0.3) is 0 Å². The smallest absolute Gasteiger partial charge is 0.139 e. The van der Waals surface area contributed by atoms with Gasteiger partial charge in [0.15, 0.2) is 0 Å². The number of rotatable bonds is 4. The molecule has 0 aliphatic carbocycles. The molecule has 2 aromatic carbocycles. The molecule has 0 saturated heterocycles. The van der Waals surface area contributed by atoms with E-state index in [0.717, 1.165) is 27.9 Å². The fraction of sp³-hybridized carbons (Fsp3) is 0.435. The average Bonchev–Trinajstić information content (AvgIpc) is 2.90. The summed E-state index contributed by atoms with van der Waals surface area (Å²) >= 11 is 6.09. The minimum absolute atomic E-state index is 0.0678. The Morgan fingerprint density at radius 3 is 2.33 bits per heavy atom. The standard InChI is InChI=1S/C23H29ClN2O/c1-7-27-21-14-17(23(4,5)6)8-13-20(21)22-25-15(2)16(3)26(22)19-11-9-18(24)10-12-19/h8-16H,7H2,1-6H3. The topological polar surface area (TPSA) is 24.8 Å². The second-order valence-electron chi connectivity index (χ2n) is 8.17. The fourth-order valence-corrected chi connectivity index (χ4v) is 3.50. The second-order valence-corrected chi connectivity index (χ2v) is 8.61. The highest BCUT2D eigenvalue weighted by Gasteiger charge is 2.33. The van der Waals surface area contributed by atoms with E-state index in [9.17, 15) is 0 Å². The van der Waals surface area contributed by atoms with Crippen LogP contribution in [0, 0.1) is 0 Å². The van der Waals surface area contributed by atoms with Crippen LogP contribution in [-0.2, 0) is 5.41 Å². The van der Waals surface area contributed by atoms with Gasteiger partial charge in [-0.25, -0.2) is 0 Å². The molecule has 0 spiro atoms. The molecule has 4 heteroatoms. The normalized spacial score (nSPS) is 20.0. The molecule has 27 heavy (non-hydrogen) atoms. The highest BCUT2D eigenvalue weighted by atomic mass is 35.5. The lowest BCUT2D eigenvalue weighted by atomic mass is 9.86. The van der Waals surface area contributed by atoms with Crippen molar-refractivity contribution < 1.29 is 4.74 Å². The maximum absolute atomic E-state index is 6.09. The van der Waals surface area contributed by atoms with Crippen LogP contribution in [0.2, 0.25) is 5.02 Å². The Hall–Kier alpha value is -2.00. The van der Waals surface area contributed by atoms with Crippen molar-refractivity contribution in [2.45, 2.75) is 59.0 Å². The highest BCUT2D eigenvalue weighted by molar-refractivity contribution is 6.30. The molecule has 0 radical (unpaired) electrons. The van der Waals surface area contributed by atoms with Crippen LogP contribution < -0.4 is 9.64 Å². The van der Waals surface area contributed by atoms with Gasteiger partial charge in [-0.15, -0.1) is 0 Å². The van der Waals surface area contributed by atoms with Gasteiger partial charge in [0, 0.05) is 10.7 Å². The van der Waals surface area contributed by atoms with Crippen molar-refractivity contribution in [1.82, 2.24) is 0 Å². The van der Waals surface area contributed by atoms with Crippen molar-refractivity contribution in [3.8, 4) is 5.75 Å². The maximum Gasteiger partial charge on any atom is 0.139 e. The van der Waals surface area contributed by atoms with Crippen molar-refractivity contribution >= 4 is 23.1 Å². The summed E-state index contributed by atoms with van der Waals surface area (Å²) in [6, 6.07) is 14.9. The Morgan fingerprint density at radius 1 is 1.07 bits per heavy atom. The molecule has 2 aromatic rings.